The monoisotopic (exact) mass is 583 g/mol. The molecule has 0 atom stereocenters. The Kier molecular flexibility index (Phi) is 8.79. The summed E-state index contributed by atoms with van der Waals surface area (Å²) in [6.07, 6.45) is 0. The van der Waals surface area contributed by atoms with Gasteiger partial charge >= 0.3 is 0 Å². The number of halogens is 3. The molecular formula is C30H32Cl3N5O. The molecule has 0 N–H and O–H groups in total. The number of nitrogens with zero attached hydrogens (tertiary/aromatic N) is 5. The Hall–Kier alpha value is -2.61. The molecule has 1 saturated heterocycles. The van der Waals surface area contributed by atoms with Crippen LogP contribution in [-0.4, -0.2) is 71.7 Å². The van der Waals surface area contributed by atoms with Crippen LogP contribution in [0.4, 0.5) is 5.82 Å². The van der Waals surface area contributed by atoms with Gasteiger partial charge in [-0.3, -0.25) is 14.3 Å². The highest BCUT2D eigenvalue weighted by Gasteiger charge is 2.23. The fraction of sp³-hybridized carbons (Fsp3) is 0.333. The minimum absolute atomic E-state index is 0.221. The highest BCUT2D eigenvalue weighted by molar-refractivity contribution is 6.38. The third-order valence-electron chi connectivity index (χ3n) is 7.49. The summed E-state index contributed by atoms with van der Waals surface area (Å²) in [5.41, 5.74) is 2.44. The lowest BCUT2D eigenvalue weighted by molar-refractivity contribution is 0.205. The molecule has 0 bridgehead atoms. The van der Waals surface area contributed by atoms with Crippen molar-refractivity contribution in [1.82, 2.24) is 19.4 Å². The molecule has 0 saturated carbocycles. The molecule has 9 heteroatoms. The highest BCUT2D eigenvalue weighted by atomic mass is 35.5. The maximum Gasteiger partial charge on any atom is 0.255 e. The van der Waals surface area contributed by atoms with Crippen molar-refractivity contribution in [1.29, 1.82) is 0 Å². The van der Waals surface area contributed by atoms with E-state index in [9.17, 15) is 4.79 Å². The molecule has 39 heavy (non-hydrogen) atoms. The van der Waals surface area contributed by atoms with Gasteiger partial charge in [0.05, 0.1) is 26.9 Å². The number of fused-ring (bicyclic) bond motifs is 1. The van der Waals surface area contributed by atoms with Gasteiger partial charge in [-0.2, -0.15) is 0 Å². The van der Waals surface area contributed by atoms with Crippen molar-refractivity contribution < 1.29 is 0 Å². The van der Waals surface area contributed by atoms with Crippen molar-refractivity contribution in [2.45, 2.75) is 13.8 Å². The summed E-state index contributed by atoms with van der Waals surface area (Å²) in [5.74, 6) is 0.795. The van der Waals surface area contributed by atoms with Gasteiger partial charge in [-0.25, -0.2) is 4.98 Å². The van der Waals surface area contributed by atoms with Gasteiger partial charge in [0.15, 0.2) is 0 Å². The number of hydrogen-bond acceptors (Lipinski definition) is 5. The molecule has 0 unspecified atom stereocenters. The van der Waals surface area contributed by atoms with Crippen molar-refractivity contribution in [3.05, 3.63) is 86.1 Å². The summed E-state index contributed by atoms with van der Waals surface area (Å²) >= 11 is 19.9. The van der Waals surface area contributed by atoms with E-state index < -0.39 is 0 Å². The number of para-hydroxylation sites is 1. The Morgan fingerprint density at radius 1 is 0.846 bits per heavy atom. The van der Waals surface area contributed by atoms with Crippen LogP contribution in [0.15, 0.2) is 65.5 Å². The van der Waals surface area contributed by atoms with E-state index in [0.29, 0.717) is 32.0 Å². The summed E-state index contributed by atoms with van der Waals surface area (Å²) in [7, 11) is 0. The second-order valence-electron chi connectivity index (χ2n) is 9.67. The Bertz CT molecular complexity index is 1510. The fourth-order valence-electron chi connectivity index (χ4n) is 5.20. The molecule has 6 nitrogen and oxygen atoms in total. The van der Waals surface area contributed by atoms with Crippen LogP contribution in [-0.2, 0) is 0 Å². The number of pyridine rings is 2. The van der Waals surface area contributed by atoms with Gasteiger partial charge in [-0.1, -0.05) is 72.9 Å². The first kappa shape index (κ1) is 27.9. The summed E-state index contributed by atoms with van der Waals surface area (Å²) in [6, 6.07) is 18.2. The molecule has 1 aliphatic heterocycles. The van der Waals surface area contributed by atoms with Crippen LogP contribution in [0, 0.1) is 0 Å². The van der Waals surface area contributed by atoms with E-state index >= 15 is 0 Å². The van der Waals surface area contributed by atoms with E-state index in [2.05, 4.69) is 28.5 Å². The topological polar surface area (TPSA) is 44.6 Å². The van der Waals surface area contributed by atoms with Crippen LogP contribution in [0.5, 0.6) is 0 Å². The number of benzene rings is 2. The van der Waals surface area contributed by atoms with Crippen LogP contribution in [0.2, 0.25) is 15.1 Å². The SMILES string of the molecule is CCN(CC)CCN1CCN(c2cc3c(ccc(=O)n3-c3c(Cl)cccc3Cl)c(-c3ccccc3Cl)n2)CC1. The predicted molar refractivity (Wildman–Crippen MR) is 164 cm³/mol. The quantitative estimate of drug-likeness (QED) is 0.237. The van der Waals surface area contributed by atoms with Gasteiger partial charge < -0.3 is 9.80 Å². The number of piperazine rings is 1. The van der Waals surface area contributed by atoms with E-state index in [4.69, 9.17) is 39.8 Å². The van der Waals surface area contributed by atoms with Gasteiger partial charge in [0, 0.05) is 67.4 Å². The first-order valence-electron chi connectivity index (χ1n) is 13.4. The Morgan fingerprint density at radius 3 is 2.18 bits per heavy atom. The number of likely N-dealkylation sites (N-methyl/N-ethyl adjacent to an activating group) is 1. The van der Waals surface area contributed by atoms with Gasteiger partial charge in [0.2, 0.25) is 0 Å². The lowest BCUT2D eigenvalue weighted by Gasteiger charge is -2.36. The zero-order chi connectivity index (χ0) is 27.5. The molecule has 5 rings (SSSR count). The average Bonchev–Trinajstić information content (AvgIpc) is 2.94. The highest BCUT2D eigenvalue weighted by Crippen LogP contribution is 2.36. The largest absolute Gasteiger partial charge is 0.354 e. The van der Waals surface area contributed by atoms with E-state index in [0.717, 1.165) is 69.1 Å². The molecule has 1 aliphatic rings. The van der Waals surface area contributed by atoms with Crippen molar-refractivity contribution >= 4 is 51.5 Å². The molecule has 2 aromatic heterocycles. The normalized spacial score (nSPS) is 14.5. The number of aromatic nitrogens is 2. The van der Waals surface area contributed by atoms with E-state index in [1.807, 2.05) is 30.3 Å². The molecule has 0 aliphatic carbocycles. The van der Waals surface area contributed by atoms with Crippen LogP contribution in [0.3, 0.4) is 0 Å². The van der Waals surface area contributed by atoms with E-state index in [-0.39, 0.29) is 5.56 Å². The molecule has 2 aromatic carbocycles. The Morgan fingerprint density at radius 2 is 1.51 bits per heavy atom. The Balaban J connectivity index is 1.60. The summed E-state index contributed by atoms with van der Waals surface area (Å²) in [6.45, 7) is 12.2. The molecule has 3 heterocycles. The smallest absolute Gasteiger partial charge is 0.255 e. The third kappa shape index (κ3) is 5.81. The van der Waals surface area contributed by atoms with Gasteiger partial charge in [0.25, 0.3) is 5.56 Å². The average molecular weight is 585 g/mol. The second kappa shape index (κ2) is 12.3. The van der Waals surface area contributed by atoms with Gasteiger partial charge in [-0.05, 0) is 37.4 Å². The predicted octanol–water partition coefficient (Wildman–Crippen LogP) is 6.48. The lowest BCUT2D eigenvalue weighted by atomic mass is 10.1. The standard InChI is InChI=1S/C30H32Cl3N5O/c1-3-35(4-2)14-15-36-16-18-37(19-17-36)27-20-26-22(29(34-27)21-8-5-6-9-23(21)31)12-13-28(39)38(26)30-24(32)10-7-11-25(30)33/h5-13,20H,3-4,14-19H2,1-2H3. The number of anilines is 1. The first-order valence-corrected chi connectivity index (χ1v) is 14.5. The maximum atomic E-state index is 13.3. The number of rotatable bonds is 8. The second-order valence-corrected chi connectivity index (χ2v) is 10.9. The Labute approximate surface area is 244 Å². The van der Waals surface area contributed by atoms with Crippen LogP contribution < -0.4 is 10.5 Å². The molecule has 0 amide bonds. The van der Waals surface area contributed by atoms with Crippen molar-refractivity contribution in [3.63, 3.8) is 0 Å². The van der Waals surface area contributed by atoms with E-state index in [1.165, 1.54) is 6.07 Å². The lowest BCUT2D eigenvalue weighted by Crippen LogP contribution is -2.48. The van der Waals surface area contributed by atoms with Gasteiger partial charge in [0.1, 0.15) is 5.82 Å². The van der Waals surface area contributed by atoms with Gasteiger partial charge in [-0.15, -0.1) is 0 Å². The van der Waals surface area contributed by atoms with Crippen LogP contribution in [0.1, 0.15) is 13.8 Å². The minimum atomic E-state index is -0.221. The maximum absolute atomic E-state index is 13.3. The molecule has 1 fully saturated rings. The minimum Gasteiger partial charge on any atom is -0.354 e. The zero-order valence-electron chi connectivity index (χ0n) is 22.2. The van der Waals surface area contributed by atoms with Crippen LogP contribution >= 0.6 is 34.8 Å². The molecular weight excluding hydrogens is 553 g/mol. The number of hydrogen-bond donors (Lipinski definition) is 0. The zero-order valence-corrected chi connectivity index (χ0v) is 24.5. The molecule has 0 radical (unpaired) electrons. The third-order valence-corrected chi connectivity index (χ3v) is 8.43. The molecule has 4 aromatic rings. The summed E-state index contributed by atoms with van der Waals surface area (Å²) < 4.78 is 1.59. The first-order chi connectivity index (χ1) is 18.9. The molecule has 204 valence electrons. The van der Waals surface area contributed by atoms with Crippen molar-refractivity contribution in [2.75, 3.05) is 57.3 Å². The fourth-order valence-corrected chi connectivity index (χ4v) is 5.99. The van der Waals surface area contributed by atoms with Crippen LogP contribution in [0.25, 0.3) is 27.8 Å². The summed E-state index contributed by atoms with van der Waals surface area (Å²) in [4.78, 5) is 25.7. The molecule has 0 spiro atoms. The summed E-state index contributed by atoms with van der Waals surface area (Å²) in [5, 5.41) is 2.19. The van der Waals surface area contributed by atoms with Crippen molar-refractivity contribution in [2.24, 2.45) is 0 Å². The van der Waals surface area contributed by atoms with E-state index in [1.54, 1.807) is 28.8 Å². The van der Waals surface area contributed by atoms with Crippen molar-refractivity contribution in [3.8, 4) is 16.9 Å².